The Morgan fingerprint density at radius 1 is 1.00 bits per heavy atom. The van der Waals surface area contributed by atoms with Gasteiger partial charge in [-0.05, 0) is 35.7 Å². The summed E-state index contributed by atoms with van der Waals surface area (Å²) in [4.78, 5) is 23.5. The fourth-order valence-electron chi connectivity index (χ4n) is 2.40. The van der Waals surface area contributed by atoms with E-state index in [0.717, 1.165) is 11.1 Å². The minimum Gasteiger partial charge on any atom is -0.486 e. The van der Waals surface area contributed by atoms with E-state index in [9.17, 15) is 9.59 Å². The van der Waals surface area contributed by atoms with Gasteiger partial charge in [0, 0.05) is 6.54 Å². The van der Waals surface area contributed by atoms with Crippen molar-refractivity contribution >= 4 is 18.0 Å². The van der Waals surface area contributed by atoms with Gasteiger partial charge in [-0.3, -0.25) is 9.59 Å². The molecule has 0 atom stereocenters. The standard InChI is InChI=1S/C19H19N3O4/c23-18(20-9-8-14-4-2-1-3-5-14)19(24)22-21-13-15-6-7-16-17(12-15)26-11-10-25-16/h1-7,12-13H,8-11H2,(H,20,23)(H,22,24)/b21-13-. The molecule has 2 N–H and O–H groups in total. The van der Waals surface area contributed by atoms with Crippen molar-refractivity contribution in [3.05, 3.63) is 59.7 Å². The Morgan fingerprint density at radius 3 is 2.58 bits per heavy atom. The Hall–Kier alpha value is -3.35. The van der Waals surface area contributed by atoms with Crippen LogP contribution in [0.5, 0.6) is 11.5 Å². The van der Waals surface area contributed by atoms with Crippen LogP contribution in [0.4, 0.5) is 0 Å². The van der Waals surface area contributed by atoms with Crippen LogP contribution in [0.2, 0.25) is 0 Å². The average Bonchev–Trinajstić information content (AvgIpc) is 2.68. The molecule has 2 amide bonds. The molecule has 0 saturated carbocycles. The number of hydrogen-bond donors (Lipinski definition) is 2. The molecule has 2 aromatic rings. The summed E-state index contributed by atoms with van der Waals surface area (Å²) in [6, 6.07) is 15.0. The Kier molecular flexibility index (Phi) is 5.82. The van der Waals surface area contributed by atoms with E-state index in [0.29, 0.717) is 37.7 Å². The van der Waals surface area contributed by atoms with E-state index < -0.39 is 11.8 Å². The first kappa shape index (κ1) is 17.5. The van der Waals surface area contributed by atoms with Gasteiger partial charge in [0.05, 0.1) is 6.21 Å². The quantitative estimate of drug-likeness (QED) is 0.481. The number of hydrogen-bond acceptors (Lipinski definition) is 5. The fourth-order valence-corrected chi connectivity index (χ4v) is 2.40. The number of nitrogens with one attached hydrogen (secondary N) is 2. The van der Waals surface area contributed by atoms with Crippen LogP contribution in [-0.2, 0) is 16.0 Å². The van der Waals surface area contributed by atoms with E-state index in [-0.39, 0.29) is 0 Å². The molecule has 7 nitrogen and oxygen atoms in total. The van der Waals surface area contributed by atoms with Crippen molar-refractivity contribution in [1.29, 1.82) is 0 Å². The third-order valence-corrected chi connectivity index (χ3v) is 3.69. The van der Waals surface area contributed by atoms with Gasteiger partial charge in [0.1, 0.15) is 13.2 Å². The molecule has 0 radical (unpaired) electrons. The average molecular weight is 353 g/mol. The van der Waals surface area contributed by atoms with Crippen molar-refractivity contribution < 1.29 is 19.1 Å². The van der Waals surface area contributed by atoms with Crippen molar-refractivity contribution in [1.82, 2.24) is 10.7 Å². The van der Waals surface area contributed by atoms with E-state index in [1.165, 1.54) is 6.21 Å². The summed E-state index contributed by atoms with van der Waals surface area (Å²) in [5, 5.41) is 6.36. The van der Waals surface area contributed by atoms with Gasteiger partial charge in [-0.15, -0.1) is 0 Å². The van der Waals surface area contributed by atoms with E-state index >= 15 is 0 Å². The van der Waals surface area contributed by atoms with Gasteiger partial charge in [-0.2, -0.15) is 5.10 Å². The van der Waals surface area contributed by atoms with Crippen LogP contribution in [0.3, 0.4) is 0 Å². The second-order valence-corrected chi connectivity index (χ2v) is 5.59. The van der Waals surface area contributed by atoms with Crippen molar-refractivity contribution in [3.63, 3.8) is 0 Å². The van der Waals surface area contributed by atoms with Crippen molar-refractivity contribution in [3.8, 4) is 11.5 Å². The Balaban J connectivity index is 1.44. The number of fused-ring (bicyclic) bond motifs is 1. The Labute approximate surface area is 151 Å². The molecule has 0 saturated heterocycles. The number of carbonyl (C=O) groups is 2. The summed E-state index contributed by atoms with van der Waals surface area (Å²) < 4.78 is 10.9. The number of carbonyl (C=O) groups excluding carboxylic acids is 2. The summed E-state index contributed by atoms with van der Waals surface area (Å²) >= 11 is 0. The number of amides is 2. The van der Waals surface area contributed by atoms with Crippen LogP contribution in [-0.4, -0.2) is 37.8 Å². The van der Waals surface area contributed by atoms with Gasteiger partial charge in [0.25, 0.3) is 0 Å². The lowest BCUT2D eigenvalue weighted by Crippen LogP contribution is -2.38. The van der Waals surface area contributed by atoms with E-state index in [1.54, 1.807) is 18.2 Å². The predicted octanol–water partition coefficient (Wildman–Crippen LogP) is 1.27. The summed E-state index contributed by atoms with van der Waals surface area (Å²) in [5.41, 5.74) is 4.02. The van der Waals surface area contributed by atoms with Gasteiger partial charge in [-0.25, -0.2) is 5.43 Å². The van der Waals surface area contributed by atoms with Gasteiger partial charge >= 0.3 is 11.8 Å². The summed E-state index contributed by atoms with van der Waals surface area (Å²) in [7, 11) is 0. The molecule has 1 aliphatic rings. The molecule has 1 heterocycles. The van der Waals surface area contributed by atoms with Gasteiger partial charge in [0.15, 0.2) is 11.5 Å². The van der Waals surface area contributed by atoms with E-state index in [4.69, 9.17) is 9.47 Å². The van der Waals surface area contributed by atoms with Crippen LogP contribution in [0.1, 0.15) is 11.1 Å². The molecular weight excluding hydrogens is 334 g/mol. The maximum atomic E-state index is 11.7. The third kappa shape index (κ3) is 4.83. The molecule has 0 bridgehead atoms. The molecule has 0 spiro atoms. The molecule has 3 rings (SSSR count). The number of rotatable bonds is 5. The Morgan fingerprint density at radius 2 is 1.77 bits per heavy atom. The molecular formula is C19H19N3O4. The lowest BCUT2D eigenvalue weighted by Gasteiger charge is -2.18. The zero-order chi connectivity index (χ0) is 18.2. The molecule has 2 aromatic carbocycles. The summed E-state index contributed by atoms with van der Waals surface area (Å²) in [6.07, 6.45) is 2.09. The molecule has 0 aromatic heterocycles. The summed E-state index contributed by atoms with van der Waals surface area (Å²) in [5.74, 6) is -0.229. The Bertz CT molecular complexity index is 806. The highest BCUT2D eigenvalue weighted by Crippen LogP contribution is 2.30. The third-order valence-electron chi connectivity index (χ3n) is 3.69. The van der Waals surface area contributed by atoms with Crippen molar-refractivity contribution in [2.45, 2.75) is 6.42 Å². The first-order chi connectivity index (χ1) is 12.7. The minimum atomic E-state index is -0.813. The maximum Gasteiger partial charge on any atom is 0.329 e. The molecule has 0 aliphatic carbocycles. The number of hydrazone groups is 1. The highest BCUT2D eigenvalue weighted by molar-refractivity contribution is 6.35. The van der Waals surface area contributed by atoms with Crippen LogP contribution < -0.4 is 20.2 Å². The molecule has 134 valence electrons. The predicted molar refractivity (Wildman–Crippen MR) is 96.3 cm³/mol. The van der Waals surface area contributed by atoms with Crippen LogP contribution in [0.25, 0.3) is 0 Å². The zero-order valence-electron chi connectivity index (χ0n) is 14.1. The van der Waals surface area contributed by atoms with Gasteiger partial charge in [-0.1, -0.05) is 30.3 Å². The first-order valence-corrected chi connectivity index (χ1v) is 8.27. The molecule has 7 heteroatoms. The van der Waals surface area contributed by atoms with Crippen molar-refractivity contribution in [2.24, 2.45) is 5.10 Å². The normalized spacial score (nSPS) is 12.6. The zero-order valence-corrected chi connectivity index (χ0v) is 14.1. The smallest absolute Gasteiger partial charge is 0.329 e. The summed E-state index contributed by atoms with van der Waals surface area (Å²) in [6.45, 7) is 1.39. The van der Waals surface area contributed by atoms with Gasteiger partial charge in [0.2, 0.25) is 0 Å². The van der Waals surface area contributed by atoms with Crippen LogP contribution >= 0.6 is 0 Å². The first-order valence-electron chi connectivity index (χ1n) is 8.27. The fraction of sp³-hybridized carbons (Fsp3) is 0.211. The SMILES string of the molecule is O=C(NCCc1ccccc1)C(=O)N/N=C\c1ccc2c(c1)OCCO2. The molecule has 26 heavy (non-hydrogen) atoms. The number of nitrogens with zero attached hydrogens (tertiary/aromatic N) is 1. The monoisotopic (exact) mass is 353 g/mol. The topological polar surface area (TPSA) is 89.0 Å². The van der Waals surface area contributed by atoms with E-state index in [1.807, 2.05) is 30.3 Å². The lowest BCUT2D eigenvalue weighted by molar-refractivity contribution is -0.139. The minimum absolute atomic E-state index is 0.377. The van der Waals surface area contributed by atoms with Crippen molar-refractivity contribution in [2.75, 3.05) is 19.8 Å². The largest absolute Gasteiger partial charge is 0.486 e. The van der Waals surface area contributed by atoms with E-state index in [2.05, 4.69) is 15.8 Å². The van der Waals surface area contributed by atoms with Crippen LogP contribution in [0, 0.1) is 0 Å². The molecule has 0 fully saturated rings. The maximum absolute atomic E-state index is 11.7. The number of ether oxygens (including phenoxy) is 2. The van der Waals surface area contributed by atoms with Gasteiger partial charge < -0.3 is 14.8 Å². The highest BCUT2D eigenvalue weighted by Gasteiger charge is 2.12. The number of benzene rings is 2. The van der Waals surface area contributed by atoms with Crippen LogP contribution in [0.15, 0.2) is 53.6 Å². The molecule has 0 unspecified atom stereocenters. The lowest BCUT2D eigenvalue weighted by atomic mass is 10.1. The second-order valence-electron chi connectivity index (χ2n) is 5.59. The highest BCUT2D eigenvalue weighted by atomic mass is 16.6. The molecule has 1 aliphatic heterocycles. The second kappa shape index (κ2) is 8.66.